The van der Waals surface area contributed by atoms with Crippen LogP contribution < -0.4 is 0 Å². The molecule has 0 aromatic rings. The SMILES string of the molecule is CC/C=C\C/C=C\C/C=C\C/C=C\C/C=C\C/C=C\CCC(=O)OC(COC(=O)CCCCCCCCCCCCCCCCCCCC)COP(=O)(O)O. The van der Waals surface area contributed by atoms with E-state index in [1.165, 1.54) is 96.3 Å². The predicted octanol–water partition coefficient (Wildman–Crippen LogP) is 13.5. The molecule has 0 saturated heterocycles. The molecular weight excluding hydrogens is 711 g/mol. The lowest BCUT2D eigenvalue weighted by atomic mass is 10.0. The fraction of sp³-hybridized carbons (Fsp3) is 0.696. The lowest BCUT2D eigenvalue weighted by Gasteiger charge is -2.18. The molecule has 0 heterocycles. The van der Waals surface area contributed by atoms with Gasteiger partial charge in [0.15, 0.2) is 6.10 Å². The molecule has 0 spiro atoms. The second-order valence-electron chi connectivity index (χ2n) is 14.3. The van der Waals surface area contributed by atoms with Crippen molar-refractivity contribution in [2.45, 2.75) is 193 Å². The maximum atomic E-state index is 12.4. The normalized spacial score (nSPS) is 13.2. The standard InChI is InChI=1S/C46H79O8P/c1-3-5-7-9-11-13-15-17-19-21-23-25-27-29-31-33-35-37-39-41-46(48)54-44(43-53-55(49,50)51)42-52-45(47)40-38-36-34-32-30-28-26-24-22-20-18-16-14-12-10-8-6-4-2/h5,7,11,13,17,19,23,25,29,31,35,37,44H,3-4,6,8-10,12,14-16,18,20-22,24,26-28,30,32-34,36,38-43H2,1-2H3,(H2,49,50,51)/b7-5-,13-11-,19-17-,25-23-,31-29-,37-35-. The Balaban J connectivity index is 4.02. The third-order valence-corrected chi connectivity index (χ3v) is 9.49. The molecule has 0 rings (SSSR count). The van der Waals surface area contributed by atoms with Crippen molar-refractivity contribution in [1.29, 1.82) is 0 Å². The highest BCUT2D eigenvalue weighted by molar-refractivity contribution is 7.46. The summed E-state index contributed by atoms with van der Waals surface area (Å²) in [6, 6.07) is 0. The summed E-state index contributed by atoms with van der Waals surface area (Å²) < 4.78 is 26.3. The van der Waals surface area contributed by atoms with Gasteiger partial charge in [0.1, 0.15) is 6.61 Å². The van der Waals surface area contributed by atoms with Gasteiger partial charge in [0.2, 0.25) is 0 Å². The molecule has 1 unspecified atom stereocenters. The highest BCUT2D eigenvalue weighted by Crippen LogP contribution is 2.36. The number of phosphoric ester groups is 1. The van der Waals surface area contributed by atoms with Gasteiger partial charge in [-0.15, -0.1) is 0 Å². The van der Waals surface area contributed by atoms with Gasteiger partial charge in [-0.1, -0.05) is 196 Å². The van der Waals surface area contributed by atoms with E-state index >= 15 is 0 Å². The van der Waals surface area contributed by atoms with Gasteiger partial charge >= 0.3 is 19.8 Å². The molecule has 0 aliphatic rings. The molecule has 0 aromatic heterocycles. The van der Waals surface area contributed by atoms with E-state index in [1.807, 2.05) is 12.2 Å². The second kappa shape index (κ2) is 41.1. The Labute approximate surface area is 336 Å². The van der Waals surface area contributed by atoms with E-state index in [0.717, 1.165) is 51.4 Å². The summed E-state index contributed by atoms with van der Waals surface area (Å²) >= 11 is 0. The van der Waals surface area contributed by atoms with Crippen LogP contribution in [0.5, 0.6) is 0 Å². The van der Waals surface area contributed by atoms with Crippen LogP contribution in [0.25, 0.3) is 0 Å². The van der Waals surface area contributed by atoms with Gasteiger partial charge in [-0.3, -0.25) is 14.1 Å². The van der Waals surface area contributed by atoms with Crippen LogP contribution >= 0.6 is 7.82 Å². The first-order chi connectivity index (χ1) is 26.8. The molecule has 2 N–H and O–H groups in total. The molecular formula is C46H79O8P. The average molecular weight is 791 g/mol. The Morgan fingerprint density at radius 2 is 0.873 bits per heavy atom. The minimum atomic E-state index is -4.78. The van der Waals surface area contributed by atoms with E-state index in [0.29, 0.717) is 12.8 Å². The van der Waals surface area contributed by atoms with Crippen LogP contribution in [-0.4, -0.2) is 41.0 Å². The fourth-order valence-corrected chi connectivity index (χ4v) is 6.17. The summed E-state index contributed by atoms with van der Waals surface area (Å²) in [7, 11) is -4.78. The summed E-state index contributed by atoms with van der Waals surface area (Å²) in [4.78, 5) is 42.9. The average Bonchev–Trinajstić information content (AvgIpc) is 3.16. The van der Waals surface area contributed by atoms with Gasteiger partial charge in [0, 0.05) is 12.8 Å². The number of rotatable bonds is 39. The van der Waals surface area contributed by atoms with Crippen molar-refractivity contribution in [1.82, 2.24) is 0 Å². The number of carbonyl (C=O) groups is 2. The third-order valence-electron chi connectivity index (χ3n) is 9.00. The minimum Gasteiger partial charge on any atom is -0.462 e. The molecule has 316 valence electrons. The molecule has 0 fully saturated rings. The van der Waals surface area contributed by atoms with Crippen molar-refractivity contribution in [3.63, 3.8) is 0 Å². The van der Waals surface area contributed by atoms with Crippen LogP contribution in [-0.2, 0) is 28.2 Å². The van der Waals surface area contributed by atoms with Crippen molar-refractivity contribution in [2.75, 3.05) is 13.2 Å². The molecule has 8 nitrogen and oxygen atoms in total. The fourth-order valence-electron chi connectivity index (χ4n) is 5.81. The number of unbranched alkanes of at least 4 members (excludes halogenated alkanes) is 17. The van der Waals surface area contributed by atoms with Crippen molar-refractivity contribution in [2.24, 2.45) is 0 Å². The summed E-state index contributed by atoms with van der Waals surface area (Å²) in [5, 5.41) is 0. The topological polar surface area (TPSA) is 119 Å². The Kier molecular flexibility index (Phi) is 39.3. The molecule has 0 aliphatic heterocycles. The van der Waals surface area contributed by atoms with Gasteiger partial charge in [-0.25, -0.2) is 4.57 Å². The summed E-state index contributed by atoms with van der Waals surface area (Å²) in [6.45, 7) is 3.52. The first kappa shape index (κ1) is 52.5. The number of allylic oxidation sites excluding steroid dienone is 12. The lowest BCUT2D eigenvalue weighted by Crippen LogP contribution is -2.29. The number of esters is 2. The van der Waals surface area contributed by atoms with E-state index in [1.54, 1.807) is 0 Å². The molecule has 0 radical (unpaired) electrons. The second-order valence-corrected chi connectivity index (χ2v) is 15.5. The zero-order valence-electron chi connectivity index (χ0n) is 34.8. The number of hydrogen-bond acceptors (Lipinski definition) is 6. The van der Waals surface area contributed by atoms with Crippen LogP contribution in [0, 0.1) is 0 Å². The van der Waals surface area contributed by atoms with Gasteiger partial charge < -0.3 is 19.3 Å². The van der Waals surface area contributed by atoms with Gasteiger partial charge in [-0.05, 0) is 51.4 Å². The first-order valence-corrected chi connectivity index (χ1v) is 23.3. The van der Waals surface area contributed by atoms with Crippen molar-refractivity contribution < 1.29 is 37.9 Å². The van der Waals surface area contributed by atoms with E-state index in [2.05, 4.69) is 79.1 Å². The molecule has 55 heavy (non-hydrogen) atoms. The molecule has 0 bridgehead atoms. The van der Waals surface area contributed by atoms with Gasteiger partial charge in [-0.2, -0.15) is 0 Å². The quantitative estimate of drug-likeness (QED) is 0.0273. The Morgan fingerprint density at radius 3 is 1.27 bits per heavy atom. The third kappa shape index (κ3) is 44.1. The highest BCUT2D eigenvalue weighted by atomic mass is 31.2. The van der Waals surface area contributed by atoms with E-state index in [-0.39, 0.29) is 19.4 Å². The largest absolute Gasteiger partial charge is 0.469 e. The zero-order chi connectivity index (χ0) is 40.3. The Morgan fingerprint density at radius 1 is 0.491 bits per heavy atom. The lowest BCUT2D eigenvalue weighted by molar-refractivity contribution is -0.161. The minimum absolute atomic E-state index is 0.0852. The monoisotopic (exact) mass is 791 g/mol. The molecule has 1 atom stereocenters. The molecule has 0 aromatic carbocycles. The van der Waals surface area contributed by atoms with Gasteiger partial charge in [0.05, 0.1) is 6.61 Å². The maximum Gasteiger partial charge on any atom is 0.469 e. The Hall–Kier alpha value is -2.51. The number of carbonyl (C=O) groups excluding carboxylic acids is 2. The van der Waals surface area contributed by atoms with Crippen molar-refractivity contribution >= 4 is 19.8 Å². The zero-order valence-corrected chi connectivity index (χ0v) is 35.7. The Bertz CT molecular complexity index is 1120. The summed E-state index contributed by atoms with van der Waals surface area (Å²) in [6.07, 6.45) is 53.5. The smallest absolute Gasteiger partial charge is 0.462 e. The van der Waals surface area contributed by atoms with Crippen LogP contribution in [0.15, 0.2) is 72.9 Å². The van der Waals surface area contributed by atoms with Crippen molar-refractivity contribution in [3.8, 4) is 0 Å². The predicted molar refractivity (Wildman–Crippen MR) is 230 cm³/mol. The molecule has 0 saturated carbocycles. The number of hydrogen-bond donors (Lipinski definition) is 2. The number of ether oxygens (including phenoxy) is 2. The summed E-state index contributed by atoms with van der Waals surface area (Å²) in [5.41, 5.74) is 0. The maximum absolute atomic E-state index is 12.4. The van der Waals surface area contributed by atoms with E-state index < -0.39 is 32.5 Å². The highest BCUT2D eigenvalue weighted by Gasteiger charge is 2.22. The number of phosphoric acid groups is 1. The van der Waals surface area contributed by atoms with E-state index in [9.17, 15) is 14.2 Å². The van der Waals surface area contributed by atoms with Crippen LogP contribution in [0.1, 0.15) is 187 Å². The molecule has 0 aliphatic carbocycles. The first-order valence-electron chi connectivity index (χ1n) is 21.7. The van der Waals surface area contributed by atoms with Crippen molar-refractivity contribution in [3.05, 3.63) is 72.9 Å². The molecule has 9 heteroatoms. The molecule has 0 amide bonds. The van der Waals surface area contributed by atoms with Crippen LogP contribution in [0.4, 0.5) is 0 Å². The van der Waals surface area contributed by atoms with E-state index in [4.69, 9.17) is 19.3 Å². The van der Waals surface area contributed by atoms with Crippen LogP contribution in [0.2, 0.25) is 0 Å². The van der Waals surface area contributed by atoms with Gasteiger partial charge in [0.25, 0.3) is 0 Å². The van der Waals surface area contributed by atoms with Crippen LogP contribution in [0.3, 0.4) is 0 Å². The summed E-state index contributed by atoms with van der Waals surface area (Å²) in [5.74, 6) is -0.981.